The minimum Gasteiger partial charge on any atom is -0.327 e. The maximum Gasteiger partial charge on any atom is 0.0351 e. The molecule has 0 saturated heterocycles. The summed E-state index contributed by atoms with van der Waals surface area (Å²) in [6.07, 6.45) is 15.7. The molecule has 0 aromatic carbocycles. The molecule has 1 fully saturated rings. The highest BCUT2D eigenvalue weighted by atomic mass is 14.6. The topological polar surface area (TPSA) is 26.0 Å². The maximum atomic E-state index is 6.04. The van der Waals surface area contributed by atoms with Crippen LogP contribution in [0.2, 0.25) is 0 Å². The van der Waals surface area contributed by atoms with Gasteiger partial charge in [0, 0.05) is 12.0 Å². The first-order valence-electron chi connectivity index (χ1n) is 5.56. The molecule has 0 aromatic rings. The molecule has 74 valence electrons. The van der Waals surface area contributed by atoms with Gasteiger partial charge >= 0.3 is 0 Å². The van der Waals surface area contributed by atoms with Crippen molar-refractivity contribution in [3.63, 3.8) is 0 Å². The SMILES string of the molecule is C#CC1CCCCCCCC[C@@H]1N. The van der Waals surface area contributed by atoms with Crippen LogP contribution in [-0.4, -0.2) is 6.04 Å². The standard InChI is InChI=1S/C12H21N/c1-2-11-9-7-5-3-4-6-8-10-12(11)13/h1,11-12H,3-10,13H2/t11?,12-/m0/s1. The molecule has 2 atom stereocenters. The predicted octanol–water partition coefficient (Wildman–Crippen LogP) is 2.70. The third-order valence-corrected chi connectivity index (χ3v) is 3.03. The number of terminal acetylenes is 1. The van der Waals surface area contributed by atoms with Crippen molar-refractivity contribution in [1.82, 2.24) is 0 Å². The fourth-order valence-electron chi connectivity index (χ4n) is 2.07. The van der Waals surface area contributed by atoms with E-state index in [9.17, 15) is 0 Å². The Balaban J connectivity index is 2.38. The minimum atomic E-state index is 0.253. The Morgan fingerprint density at radius 1 is 0.923 bits per heavy atom. The van der Waals surface area contributed by atoms with Gasteiger partial charge in [-0.1, -0.05) is 38.5 Å². The zero-order valence-corrected chi connectivity index (χ0v) is 8.47. The molecule has 1 saturated carbocycles. The number of rotatable bonds is 0. The van der Waals surface area contributed by atoms with Crippen LogP contribution in [0.1, 0.15) is 51.4 Å². The first-order chi connectivity index (χ1) is 6.34. The van der Waals surface area contributed by atoms with Gasteiger partial charge in [-0.3, -0.25) is 0 Å². The summed E-state index contributed by atoms with van der Waals surface area (Å²) in [4.78, 5) is 0. The van der Waals surface area contributed by atoms with E-state index in [0.717, 1.165) is 12.8 Å². The van der Waals surface area contributed by atoms with Crippen molar-refractivity contribution >= 4 is 0 Å². The van der Waals surface area contributed by atoms with E-state index in [1.54, 1.807) is 0 Å². The molecule has 2 N–H and O–H groups in total. The van der Waals surface area contributed by atoms with Crippen molar-refractivity contribution in [2.45, 2.75) is 57.4 Å². The van der Waals surface area contributed by atoms with Crippen molar-refractivity contribution in [2.24, 2.45) is 11.7 Å². The molecule has 1 unspecified atom stereocenters. The van der Waals surface area contributed by atoms with Gasteiger partial charge in [-0.05, 0) is 12.8 Å². The molecule has 1 aliphatic carbocycles. The van der Waals surface area contributed by atoms with Crippen molar-refractivity contribution in [1.29, 1.82) is 0 Å². The lowest BCUT2D eigenvalue weighted by Gasteiger charge is -2.20. The smallest absolute Gasteiger partial charge is 0.0351 e. The van der Waals surface area contributed by atoms with Crippen molar-refractivity contribution in [3.8, 4) is 12.3 Å². The van der Waals surface area contributed by atoms with Gasteiger partial charge < -0.3 is 5.73 Å². The second kappa shape index (κ2) is 6.05. The molecule has 13 heavy (non-hydrogen) atoms. The van der Waals surface area contributed by atoms with Gasteiger partial charge in [0.2, 0.25) is 0 Å². The molecule has 1 aliphatic rings. The lowest BCUT2D eigenvalue weighted by Crippen LogP contribution is -2.29. The van der Waals surface area contributed by atoms with Crippen LogP contribution in [-0.2, 0) is 0 Å². The van der Waals surface area contributed by atoms with E-state index in [4.69, 9.17) is 12.2 Å². The Bertz CT molecular complexity index is 168. The molecule has 1 rings (SSSR count). The minimum absolute atomic E-state index is 0.253. The molecular weight excluding hydrogens is 158 g/mol. The molecule has 0 heterocycles. The molecule has 0 amide bonds. The van der Waals surface area contributed by atoms with Gasteiger partial charge in [0.05, 0.1) is 0 Å². The zero-order valence-electron chi connectivity index (χ0n) is 8.47. The second-order valence-electron chi connectivity index (χ2n) is 4.14. The highest BCUT2D eigenvalue weighted by Gasteiger charge is 2.15. The number of hydrogen-bond acceptors (Lipinski definition) is 1. The molecule has 1 nitrogen and oxygen atoms in total. The molecule has 0 aliphatic heterocycles. The molecule has 0 spiro atoms. The first kappa shape index (κ1) is 10.6. The largest absolute Gasteiger partial charge is 0.327 e. The predicted molar refractivity (Wildman–Crippen MR) is 57.2 cm³/mol. The van der Waals surface area contributed by atoms with E-state index in [-0.39, 0.29) is 6.04 Å². The lowest BCUT2D eigenvalue weighted by molar-refractivity contribution is 0.403. The summed E-state index contributed by atoms with van der Waals surface area (Å²) in [5.41, 5.74) is 6.04. The highest BCUT2D eigenvalue weighted by Crippen LogP contribution is 2.20. The van der Waals surface area contributed by atoms with Crippen LogP contribution in [0.25, 0.3) is 0 Å². The summed E-state index contributed by atoms with van der Waals surface area (Å²) < 4.78 is 0. The maximum absolute atomic E-state index is 6.04. The van der Waals surface area contributed by atoms with Gasteiger partial charge in [-0.15, -0.1) is 12.3 Å². The molecule has 0 radical (unpaired) electrons. The second-order valence-corrected chi connectivity index (χ2v) is 4.14. The summed E-state index contributed by atoms with van der Waals surface area (Å²) in [5.74, 6) is 3.18. The third-order valence-electron chi connectivity index (χ3n) is 3.03. The van der Waals surface area contributed by atoms with Crippen LogP contribution >= 0.6 is 0 Å². The summed E-state index contributed by atoms with van der Waals surface area (Å²) in [7, 11) is 0. The Hall–Kier alpha value is -0.480. The number of hydrogen-bond donors (Lipinski definition) is 1. The average molecular weight is 179 g/mol. The molecule has 0 aromatic heterocycles. The zero-order chi connectivity index (χ0) is 9.52. The van der Waals surface area contributed by atoms with Crippen molar-refractivity contribution < 1.29 is 0 Å². The van der Waals surface area contributed by atoms with Crippen LogP contribution in [0.15, 0.2) is 0 Å². The Morgan fingerprint density at radius 3 is 2.08 bits per heavy atom. The number of nitrogens with two attached hydrogens (primary N) is 1. The molecule has 1 heteroatoms. The van der Waals surface area contributed by atoms with Crippen LogP contribution in [0.5, 0.6) is 0 Å². The summed E-state index contributed by atoms with van der Waals surface area (Å²) >= 11 is 0. The Morgan fingerprint density at radius 2 is 1.46 bits per heavy atom. The molecule has 0 bridgehead atoms. The van der Waals surface area contributed by atoms with Gasteiger partial charge in [0.15, 0.2) is 0 Å². The average Bonchev–Trinajstić information content (AvgIpc) is 2.16. The van der Waals surface area contributed by atoms with Gasteiger partial charge in [-0.2, -0.15) is 0 Å². The van der Waals surface area contributed by atoms with Crippen LogP contribution in [0, 0.1) is 18.3 Å². The summed E-state index contributed by atoms with van der Waals surface area (Å²) in [6, 6.07) is 0.253. The summed E-state index contributed by atoms with van der Waals surface area (Å²) in [6.45, 7) is 0. The van der Waals surface area contributed by atoms with Crippen LogP contribution in [0.4, 0.5) is 0 Å². The van der Waals surface area contributed by atoms with Crippen molar-refractivity contribution in [2.75, 3.05) is 0 Å². The first-order valence-corrected chi connectivity index (χ1v) is 5.56. The fourth-order valence-corrected chi connectivity index (χ4v) is 2.07. The third kappa shape index (κ3) is 3.83. The van der Waals surface area contributed by atoms with Gasteiger partial charge in [0.1, 0.15) is 0 Å². The van der Waals surface area contributed by atoms with E-state index in [1.165, 1.54) is 38.5 Å². The van der Waals surface area contributed by atoms with E-state index in [0.29, 0.717) is 5.92 Å². The van der Waals surface area contributed by atoms with Crippen LogP contribution < -0.4 is 5.73 Å². The van der Waals surface area contributed by atoms with E-state index < -0.39 is 0 Å². The normalized spacial score (nSPS) is 32.0. The van der Waals surface area contributed by atoms with E-state index >= 15 is 0 Å². The highest BCUT2D eigenvalue weighted by molar-refractivity contribution is 4.98. The summed E-state index contributed by atoms with van der Waals surface area (Å²) in [5, 5.41) is 0. The lowest BCUT2D eigenvalue weighted by atomic mass is 9.89. The molecular formula is C12H21N. The van der Waals surface area contributed by atoms with Crippen LogP contribution in [0.3, 0.4) is 0 Å². The Labute approximate surface area is 82.1 Å². The Kier molecular flexibility index (Phi) is 4.93. The monoisotopic (exact) mass is 179 g/mol. The van der Waals surface area contributed by atoms with Crippen molar-refractivity contribution in [3.05, 3.63) is 0 Å². The van der Waals surface area contributed by atoms with E-state index in [2.05, 4.69) is 5.92 Å². The quantitative estimate of drug-likeness (QED) is 0.568. The van der Waals surface area contributed by atoms with E-state index in [1.807, 2.05) is 0 Å². The van der Waals surface area contributed by atoms with Gasteiger partial charge in [-0.25, -0.2) is 0 Å². The van der Waals surface area contributed by atoms with Gasteiger partial charge in [0.25, 0.3) is 0 Å². The fraction of sp³-hybridized carbons (Fsp3) is 0.833.